The molecule has 1 amide bonds. The van der Waals surface area contributed by atoms with E-state index in [1.807, 2.05) is 38.1 Å². The molecule has 0 spiro atoms. The van der Waals surface area contributed by atoms with Crippen molar-refractivity contribution in [1.82, 2.24) is 0 Å². The summed E-state index contributed by atoms with van der Waals surface area (Å²) in [5.74, 6) is 0.0970. The van der Waals surface area contributed by atoms with Crippen LogP contribution in [0.3, 0.4) is 0 Å². The number of hydrogen-bond acceptors (Lipinski definition) is 3. The molecule has 0 radical (unpaired) electrons. The third-order valence-electron chi connectivity index (χ3n) is 5.75. The lowest BCUT2D eigenvalue weighted by Gasteiger charge is -2.43. The van der Waals surface area contributed by atoms with E-state index in [-0.39, 0.29) is 35.3 Å². The Balaban J connectivity index is 1.85. The zero-order valence-electron chi connectivity index (χ0n) is 16.9. The Hall–Kier alpha value is -2.95. The Morgan fingerprint density at radius 1 is 1.00 bits per heavy atom. The molecule has 2 aromatic carbocycles. The number of ether oxygens (including phenoxy) is 1. The van der Waals surface area contributed by atoms with E-state index in [1.54, 1.807) is 24.1 Å². The molecule has 0 saturated carbocycles. The Bertz CT molecular complexity index is 990. The summed E-state index contributed by atoms with van der Waals surface area (Å²) >= 11 is 0. The van der Waals surface area contributed by atoms with E-state index in [1.165, 1.54) is 12.1 Å². The van der Waals surface area contributed by atoms with Crippen molar-refractivity contribution in [1.29, 1.82) is 0 Å². The summed E-state index contributed by atoms with van der Waals surface area (Å²) in [7, 11) is 1.60. The maximum absolute atomic E-state index is 13.4. The standard InChI is InChI=1S/C24H24FNO3/c1-24(2)13-20-23(21(27)14-24)19(15-4-10-18(29-3)11-5-15)12-22(28)26(20)17-8-6-16(25)7-9-17/h4-11,19H,12-14H2,1-3H3. The highest BCUT2D eigenvalue weighted by Crippen LogP contribution is 2.48. The van der Waals surface area contributed by atoms with Crippen molar-refractivity contribution in [3.8, 4) is 5.75 Å². The highest BCUT2D eigenvalue weighted by molar-refractivity contribution is 6.07. The van der Waals surface area contributed by atoms with Gasteiger partial charge >= 0.3 is 0 Å². The number of methoxy groups -OCH3 is 1. The van der Waals surface area contributed by atoms with Crippen molar-refractivity contribution in [3.63, 3.8) is 0 Å². The smallest absolute Gasteiger partial charge is 0.232 e. The quantitative estimate of drug-likeness (QED) is 0.737. The van der Waals surface area contributed by atoms with Crippen LogP contribution in [0, 0.1) is 11.2 Å². The number of amides is 1. The molecule has 0 aromatic heterocycles. The van der Waals surface area contributed by atoms with Crippen LogP contribution < -0.4 is 9.64 Å². The minimum absolute atomic E-state index is 0.0803. The average molecular weight is 393 g/mol. The highest BCUT2D eigenvalue weighted by Gasteiger charge is 2.44. The molecule has 0 N–H and O–H groups in total. The molecule has 4 rings (SSSR count). The fraction of sp³-hybridized carbons (Fsp3) is 0.333. The van der Waals surface area contributed by atoms with Gasteiger partial charge in [-0.05, 0) is 53.8 Å². The van der Waals surface area contributed by atoms with Crippen molar-refractivity contribution in [3.05, 3.63) is 71.2 Å². The van der Waals surface area contributed by atoms with Crippen molar-refractivity contribution < 1.29 is 18.7 Å². The maximum atomic E-state index is 13.4. The molecule has 5 heteroatoms. The maximum Gasteiger partial charge on any atom is 0.232 e. The molecule has 2 aliphatic rings. The molecule has 29 heavy (non-hydrogen) atoms. The van der Waals surface area contributed by atoms with Gasteiger partial charge in [-0.15, -0.1) is 0 Å². The van der Waals surface area contributed by atoms with Crippen LogP contribution in [0.25, 0.3) is 0 Å². The summed E-state index contributed by atoms with van der Waals surface area (Å²) in [6, 6.07) is 13.4. The summed E-state index contributed by atoms with van der Waals surface area (Å²) in [4.78, 5) is 28.0. The molecule has 4 nitrogen and oxygen atoms in total. The van der Waals surface area contributed by atoms with E-state index in [0.29, 0.717) is 24.1 Å². The van der Waals surface area contributed by atoms with Crippen LogP contribution in [0.4, 0.5) is 10.1 Å². The van der Waals surface area contributed by atoms with Gasteiger partial charge in [0.15, 0.2) is 5.78 Å². The van der Waals surface area contributed by atoms with Crippen molar-refractivity contribution in [2.24, 2.45) is 5.41 Å². The van der Waals surface area contributed by atoms with Gasteiger partial charge in [-0.1, -0.05) is 26.0 Å². The van der Waals surface area contributed by atoms with E-state index >= 15 is 0 Å². The van der Waals surface area contributed by atoms with Gasteiger partial charge in [0.1, 0.15) is 11.6 Å². The molecule has 1 unspecified atom stereocenters. The number of halogens is 1. The second-order valence-electron chi connectivity index (χ2n) is 8.54. The number of allylic oxidation sites excluding steroid dienone is 2. The largest absolute Gasteiger partial charge is 0.497 e. The molecule has 0 bridgehead atoms. The number of rotatable bonds is 3. The first-order valence-corrected chi connectivity index (χ1v) is 9.78. The van der Waals surface area contributed by atoms with Gasteiger partial charge in [-0.25, -0.2) is 4.39 Å². The molecule has 2 aromatic rings. The molecule has 0 fully saturated rings. The first kappa shape index (κ1) is 19.4. The Morgan fingerprint density at radius 2 is 1.66 bits per heavy atom. The third kappa shape index (κ3) is 3.57. The van der Waals surface area contributed by atoms with Gasteiger partial charge in [0.25, 0.3) is 0 Å². The second kappa shape index (κ2) is 7.14. The topological polar surface area (TPSA) is 46.6 Å². The summed E-state index contributed by atoms with van der Waals surface area (Å²) in [5, 5.41) is 0. The number of nitrogens with zero attached hydrogens (tertiary/aromatic N) is 1. The van der Waals surface area contributed by atoms with Crippen LogP contribution >= 0.6 is 0 Å². The molecule has 1 aliphatic carbocycles. The van der Waals surface area contributed by atoms with Gasteiger partial charge in [-0.3, -0.25) is 14.5 Å². The lowest BCUT2D eigenvalue weighted by atomic mass is 9.69. The average Bonchev–Trinajstić information content (AvgIpc) is 2.67. The van der Waals surface area contributed by atoms with Gasteiger partial charge in [0.05, 0.1) is 7.11 Å². The van der Waals surface area contributed by atoms with Crippen LogP contribution in [0.5, 0.6) is 5.75 Å². The Labute approximate surface area is 170 Å². The van der Waals surface area contributed by atoms with E-state index in [2.05, 4.69) is 0 Å². The predicted molar refractivity (Wildman–Crippen MR) is 109 cm³/mol. The monoisotopic (exact) mass is 393 g/mol. The zero-order chi connectivity index (χ0) is 20.8. The number of hydrogen-bond donors (Lipinski definition) is 0. The lowest BCUT2D eigenvalue weighted by Crippen LogP contribution is -2.43. The van der Waals surface area contributed by atoms with Crippen molar-refractivity contribution >= 4 is 17.4 Å². The number of anilines is 1. The van der Waals surface area contributed by atoms with E-state index in [0.717, 1.165) is 17.0 Å². The molecular formula is C24H24FNO3. The highest BCUT2D eigenvalue weighted by atomic mass is 19.1. The van der Waals surface area contributed by atoms with Crippen LogP contribution in [0.15, 0.2) is 59.8 Å². The Kier molecular flexibility index (Phi) is 4.77. The summed E-state index contributed by atoms with van der Waals surface area (Å²) in [5.41, 5.74) is 2.74. The van der Waals surface area contributed by atoms with E-state index in [9.17, 15) is 14.0 Å². The SMILES string of the molecule is COc1ccc(C2CC(=O)N(c3ccc(F)cc3)C3=C2C(=O)CC(C)(C)C3)cc1. The first-order valence-electron chi connectivity index (χ1n) is 9.78. The third-order valence-corrected chi connectivity index (χ3v) is 5.75. The van der Waals surface area contributed by atoms with Crippen molar-refractivity contribution in [2.45, 2.75) is 39.0 Å². The van der Waals surface area contributed by atoms with Crippen LogP contribution in [-0.2, 0) is 9.59 Å². The summed E-state index contributed by atoms with van der Waals surface area (Å²) < 4.78 is 18.7. The van der Waals surface area contributed by atoms with Gasteiger partial charge in [0, 0.05) is 35.7 Å². The fourth-order valence-corrected chi connectivity index (χ4v) is 4.43. The van der Waals surface area contributed by atoms with Crippen LogP contribution in [0.1, 0.15) is 44.6 Å². The molecule has 150 valence electrons. The molecular weight excluding hydrogens is 369 g/mol. The number of Topliss-reactive ketones (excluding diaryl/α,β-unsaturated/α-hetero) is 1. The fourth-order valence-electron chi connectivity index (χ4n) is 4.43. The summed E-state index contributed by atoms with van der Waals surface area (Å²) in [6.07, 6.45) is 1.27. The van der Waals surface area contributed by atoms with E-state index < -0.39 is 0 Å². The minimum Gasteiger partial charge on any atom is -0.497 e. The Morgan fingerprint density at radius 3 is 2.28 bits per heavy atom. The number of carbonyl (C=O) groups is 2. The van der Waals surface area contributed by atoms with Crippen molar-refractivity contribution in [2.75, 3.05) is 12.0 Å². The molecule has 1 aliphatic heterocycles. The van der Waals surface area contributed by atoms with Gasteiger partial charge < -0.3 is 4.74 Å². The number of carbonyl (C=O) groups excluding carboxylic acids is 2. The van der Waals surface area contributed by atoms with Crippen LogP contribution in [-0.4, -0.2) is 18.8 Å². The molecule has 1 atom stereocenters. The normalized spacial score (nSPS) is 21.2. The lowest BCUT2D eigenvalue weighted by molar-refractivity contribution is -0.121. The molecule has 1 heterocycles. The van der Waals surface area contributed by atoms with Gasteiger partial charge in [-0.2, -0.15) is 0 Å². The summed E-state index contributed by atoms with van der Waals surface area (Å²) in [6.45, 7) is 4.08. The van der Waals surface area contributed by atoms with Crippen LogP contribution in [0.2, 0.25) is 0 Å². The number of benzene rings is 2. The predicted octanol–water partition coefficient (Wildman–Crippen LogP) is 5.00. The number of ketones is 1. The second-order valence-corrected chi connectivity index (χ2v) is 8.54. The first-order chi connectivity index (χ1) is 13.8. The van der Waals surface area contributed by atoms with E-state index in [4.69, 9.17) is 4.74 Å². The molecule has 0 saturated heterocycles. The minimum atomic E-state index is -0.358. The zero-order valence-corrected chi connectivity index (χ0v) is 16.9. The van der Waals surface area contributed by atoms with Gasteiger partial charge in [0.2, 0.25) is 5.91 Å².